The number of aliphatic hydroxyl groups excluding tert-OH is 1. The summed E-state index contributed by atoms with van der Waals surface area (Å²) in [6, 6.07) is 8.22. The molecule has 1 saturated heterocycles. The molecule has 1 atom stereocenters. The number of likely N-dealkylation sites (tertiary alicyclic amines) is 1. The van der Waals surface area contributed by atoms with Gasteiger partial charge in [-0.1, -0.05) is 31.2 Å². The molecule has 24 heavy (non-hydrogen) atoms. The Kier molecular flexibility index (Phi) is 7.53. The second-order valence-electron chi connectivity index (χ2n) is 6.71. The number of nitrogens with one attached hydrogen (secondary N) is 1. The first-order valence-electron chi connectivity index (χ1n) is 9.06. The Balaban J connectivity index is 1.94. The predicted molar refractivity (Wildman–Crippen MR) is 96.7 cm³/mol. The molecule has 134 valence electrons. The molecule has 2 rings (SSSR count). The minimum atomic E-state index is -0.118. The van der Waals surface area contributed by atoms with E-state index in [2.05, 4.69) is 35.3 Å². The minimum absolute atomic E-state index is 0.00894. The van der Waals surface area contributed by atoms with E-state index < -0.39 is 0 Å². The molecular formula is C19H31N3O2. The van der Waals surface area contributed by atoms with Crippen LogP contribution in [-0.4, -0.2) is 53.7 Å². The molecule has 2 N–H and O–H groups in total. The van der Waals surface area contributed by atoms with Gasteiger partial charge in [-0.25, -0.2) is 4.79 Å². The van der Waals surface area contributed by atoms with Gasteiger partial charge in [-0.2, -0.15) is 0 Å². The fourth-order valence-corrected chi connectivity index (χ4v) is 3.36. The van der Waals surface area contributed by atoms with Crippen LogP contribution in [0.4, 0.5) is 4.79 Å². The summed E-state index contributed by atoms with van der Waals surface area (Å²) in [5.41, 5.74) is 2.46. The van der Waals surface area contributed by atoms with Gasteiger partial charge in [0.2, 0.25) is 0 Å². The second-order valence-corrected chi connectivity index (χ2v) is 6.71. The molecule has 0 spiro atoms. The first-order chi connectivity index (χ1) is 11.6. The highest BCUT2D eigenvalue weighted by atomic mass is 16.3. The number of nitrogens with zero attached hydrogens (tertiary/aromatic N) is 2. The Bertz CT molecular complexity index is 521. The number of rotatable bonds is 7. The average Bonchev–Trinajstić information content (AvgIpc) is 2.58. The van der Waals surface area contributed by atoms with Gasteiger partial charge in [-0.15, -0.1) is 0 Å². The number of amides is 2. The molecule has 1 unspecified atom stereocenters. The third-order valence-electron chi connectivity index (χ3n) is 4.72. The van der Waals surface area contributed by atoms with E-state index in [1.165, 1.54) is 24.0 Å². The van der Waals surface area contributed by atoms with E-state index in [4.69, 9.17) is 5.11 Å². The summed E-state index contributed by atoms with van der Waals surface area (Å²) >= 11 is 0. The van der Waals surface area contributed by atoms with E-state index in [1.54, 1.807) is 4.90 Å². The molecule has 1 aromatic rings. The van der Waals surface area contributed by atoms with Crippen molar-refractivity contribution in [1.82, 2.24) is 15.1 Å². The summed E-state index contributed by atoms with van der Waals surface area (Å²) in [4.78, 5) is 16.3. The molecule has 0 saturated carbocycles. The molecule has 1 fully saturated rings. The van der Waals surface area contributed by atoms with Crippen LogP contribution in [0.2, 0.25) is 0 Å². The number of piperidine rings is 1. The standard InChI is InChI=1S/C19H31N3O2/c1-3-22(11-12-23)19(24)20-13-17-8-4-5-9-18(17)15-21-10-6-7-16(2)14-21/h4-5,8-9,16,23H,3,6-7,10-15H2,1-2H3,(H,20,24). The lowest BCUT2D eigenvalue weighted by Gasteiger charge is -2.31. The third kappa shape index (κ3) is 5.49. The summed E-state index contributed by atoms with van der Waals surface area (Å²) in [5.74, 6) is 0.766. The fourth-order valence-electron chi connectivity index (χ4n) is 3.36. The first-order valence-corrected chi connectivity index (χ1v) is 9.06. The Morgan fingerprint density at radius 3 is 2.79 bits per heavy atom. The van der Waals surface area contributed by atoms with Crippen molar-refractivity contribution in [3.8, 4) is 0 Å². The van der Waals surface area contributed by atoms with Crippen molar-refractivity contribution >= 4 is 6.03 Å². The molecule has 5 nitrogen and oxygen atoms in total. The highest BCUT2D eigenvalue weighted by molar-refractivity contribution is 5.74. The second kappa shape index (κ2) is 9.64. The van der Waals surface area contributed by atoms with Crippen molar-refractivity contribution in [2.75, 3.05) is 32.8 Å². The molecule has 1 aliphatic rings. The number of benzene rings is 1. The van der Waals surface area contributed by atoms with E-state index in [-0.39, 0.29) is 12.6 Å². The lowest BCUT2D eigenvalue weighted by atomic mass is 9.99. The van der Waals surface area contributed by atoms with Gasteiger partial charge in [0.25, 0.3) is 0 Å². The van der Waals surface area contributed by atoms with E-state index in [0.717, 1.165) is 25.6 Å². The molecule has 0 radical (unpaired) electrons. The van der Waals surface area contributed by atoms with Crippen LogP contribution in [0.3, 0.4) is 0 Å². The summed E-state index contributed by atoms with van der Waals surface area (Å²) in [6.45, 7) is 8.98. The van der Waals surface area contributed by atoms with Crippen molar-refractivity contribution in [1.29, 1.82) is 0 Å². The Hall–Kier alpha value is -1.59. The van der Waals surface area contributed by atoms with Gasteiger partial charge in [0.1, 0.15) is 0 Å². The van der Waals surface area contributed by atoms with E-state index in [0.29, 0.717) is 19.6 Å². The Labute approximate surface area is 145 Å². The van der Waals surface area contributed by atoms with Gasteiger partial charge in [0.15, 0.2) is 0 Å². The van der Waals surface area contributed by atoms with Gasteiger partial charge >= 0.3 is 6.03 Å². The summed E-state index contributed by atoms with van der Waals surface area (Å²) in [6.07, 6.45) is 2.60. The number of hydrogen-bond acceptors (Lipinski definition) is 3. The average molecular weight is 333 g/mol. The number of urea groups is 1. The number of carbonyl (C=O) groups excluding carboxylic acids is 1. The zero-order valence-corrected chi connectivity index (χ0v) is 15.0. The van der Waals surface area contributed by atoms with Crippen LogP contribution in [0.5, 0.6) is 0 Å². The van der Waals surface area contributed by atoms with Crippen molar-refractivity contribution in [3.63, 3.8) is 0 Å². The first kappa shape index (κ1) is 18.7. The Morgan fingerprint density at radius 2 is 2.12 bits per heavy atom. The number of aliphatic hydroxyl groups is 1. The molecule has 1 heterocycles. The topological polar surface area (TPSA) is 55.8 Å². The third-order valence-corrected chi connectivity index (χ3v) is 4.72. The largest absolute Gasteiger partial charge is 0.395 e. The molecule has 1 aromatic carbocycles. The quantitative estimate of drug-likeness (QED) is 0.806. The molecule has 2 amide bonds. The van der Waals surface area contributed by atoms with Crippen molar-refractivity contribution in [2.45, 2.75) is 39.8 Å². The predicted octanol–water partition coefficient (Wildman–Crippen LogP) is 2.44. The zero-order valence-electron chi connectivity index (χ0n) is 15.0. The number of likely N-dealkylation sites (N-methyl/N-ethyl adjacent to an activating group) is 1. The SMILES string of the molecule is CCN(CCO)C(=O)NCc1ccccc1CN1CCCC(C)C1. The van der Waals surface area contributed by atoms with Gasteiger partial charge in [-0.3, -0.25) is 4.90 Å². The Morgan fingerprint density at radius 1 is 1.38 bits per heavy atom. The monoisotopic (exact) mass is 333 g/mol. The van der Waals surface area contributed by atoms with Crippen LogP contribution in [0.15, 0.2) is 24.3 Å². The van der Waals surface area contributed by atoms with E-state index in [1.807, 2.05) is 13.0 Å². The maximum atomic E-state index is 12.2. The van der Waals surface area contributed by atoms with Crippen LogP contribution in [0, 0.1) is 5.92 Å². The van der Waals surface area contributed by atoms with Crippen LogP contribution in [-0.2, 0) is 13.1 Å². The van der Waals surface area contributed by atoms with Crippen LogP contribution in [0.25, 0.3) is 0 Å². The minimum Gasteiger partial charge on any atom is -0.395 e. The highest BCUT2D eigenvalue weighted by Crippen LogP contribution is 2.19. The van der Waals surface area contributed by atoms with Crippen LogP contribution >= 0.6 is 0 Å². The summed E-state index contributed by atoms with van der Waals surface area (Å²) < 4.78 is 0. The molecule has 0 aromatic heterocycles. The van der Waals surface area contributed by atoms with Crippen molar-refractivity contribution < 1.29 is 9.90 Å². The van der Waals surface area contributed by atoms with Crippen molar-refractivity contribution in [2.24, 2.45) is 5.92 Å². The van der Waals surface area contributed by atoms with E-state index >= 15 is 0 Å². The van der Waals surface area contributed by atoms with Gasteiger partial charge in [0, 0.05) is 32.7 Å². The van der Waals surface area contributed by atoms with Crippen molar-refractivity contribution in [3.05, 3.63) is 35.4 Å². The lowest BCUT2D eigenvalue weighted by molar-refractivity contribution is 0.175. The smallest absolute Gasteiger partial charge is 0.317 e. The summed E-state index contributed by atoms with van der Waals surface area (Å²) in [7, 11) is 0. The maximum absolute atomic E-state index is 12.2. The van der Waals surface area contributed by atoms with Crippen LogP contribution < -0.4 is 5.32 Å². The van der Waals surface area contributed by atoms with Gasteiger partial charge in [0.05, 0.1) is 6.61 Å². The molecular weight excluding hydrogens is 302 g/mol. The summed E-state index contributed by atoms with van der Waals surface area (Å²) in [5, 5.41) is 12.0. The van der Waals surface area contributed by atoms with Gasteiger partial charge in [-0.05, 0) is 43.4 Å². The molecule has 0 aliphatic carbocycles. The molecule has 5 heteroatoms. The lowest BCUT2D eigenvalue weighted by Crippen LogP contribution is -2.41. The number of hydrogen-bond donors (Lipinski definition) is 2. The highest BCUT2D eigenvalue weighted by Gasteiger charge is 2.17. The fraction of sp³-hybridized carbons (Fsp3) is 0.632. The molecule has 0 bridgehead atoms. The number of carbonyl (C=O) groups is 1. The van der Waals surface area contributed by atoms with Crippen LogP contribution in [0.1, 0.15) is 37.8 Å². The molecule has 1 aliphatic heterocycles. The maximum Gasteiger partial charge on any atom is 0.317 e. The van der Waals surface area contributed by atoms with E-state index in [9.17, 15) is 4.79 Å². The van der Waals surface area contributed by atoms with Gasteiger partial charge < -0.3 is 15.3 Å². The normalized spacial score (nSPS) is 18.4. The zero-order chi connectivity index (χ0) is 17.4.